The summed E-state index contributed by atoms with van der Waals surface area (Å²) < 4.78 is 1.74. The third-order valence-corrected chi connectivity index (χ3v) is 3.15. The van der Waals surface area contributed by atoms with Crippen LogP contribution in [0.1, 0.15) is 22.5 Å². The van der Waals surface area contributed by atoms with Gasteiger partial charge in [0, 0.05) is 13.6 Å². The maximum Gasteiger partial charge on any atom is 0.257 e. The molecule has 1 aromatic carbocycles. The number of benzene rings is 1. The number of hydrogen-bond acceptors (Lipinski definition) is 3. The van der Waals surface area contributed by atoms with Crippen molar-refractivity contribution in [2.24, 2.45) is 0 Å². The smallest absolute Gasteiger partial charge is 0.257 e. The monoisotopic (exact) mass is 268 g/mol. The number of rotatable bonds is 4. The quantitative estimate of drug-likeness (QED) is 0.853. The molecule has 0 N–H and O–H groups in total. The fraction of sp³-hybridized carbons (Fsp3) is 0.267. The summed E-state index contributed by atoms with van der Waals surface area (Å²) in [6.07, 6.45) is 1.90. The third kappa shape index (κ3) is 2.69. The van der Waals surface area contributed by atoms with Gasteiger partial charge in [0.25, 0.3) is 5.91 Å². The average molecular weight is 268 g/mol. The maximum atomic E-state index is 12.3. The van der Waals surface area contributed by atoms with Gasteiger partial charge in [-0.15, -0.1) is 0 Å². The summed E-state index contributed by atoms with van der Waals surface area (Å²) in [5, 5.41) is 12.8. The van der Waals surface area contributed by atoms with E-state index in [0.717, 1.165) is 11.4 Å². The Bertz CT molecular complexity index is 640. The first-order chi connectivity index (χ1) is 9.65. The van der Waals surface area contributed by atoms with E-state index in [1.54, 1.807) is 22.8 Å². The molecule has 20 heavy (non-hydrogen) atoms. The SMILES string of the molecule is Cc1c(C(=O)N(C)CCC#N)cnn1-c1ccccc1. The Labute approximate surface area is 118 Å². The van der Waals surface area contributed by atoms with E-state index in [4.69, 9.17) is 5.26 Å². The van der Waals surface area contributed by atoms with Crippen LogP contribution in [-0.2, 0) is 0 Å². The highest BCUT2D eigenvalue weighted by molar-refractivity contribution is 5.95. The highest BCUT2D eigenvalue weighted by atomic mass is 16.2. The van der Waals surface area contributed by atoms with Crippen molar-refractivity contribution in [3.05, 3.63) is 47.8 Å². The van der Waals surface area contributed by atoms with Gasteiger partial charge >= 0.3 is 0 Å². The van der Waals surface area contributed by atoms with Gasteiger partial charge in [0.05, 0.1) is 35.6 Å². The second kappa shape index (κ2) is 6.02. The van der Waals surface area contributed by atoms with E-state index in [0.29, 0.717) is 18.5 Å². The van der Waals surface area contributed by atoms with Gasteiger partial charge in [-0.3, -0.25) is 4.79 Å². The lowest BCUT2D eigenvalue weighted by Crippen LogP contribution is -2.27. The zero-order valence-corrected chi connectivity index (χ0v) is 11.6. The lowest BCUT2D eigenvalue weighted by molar-refractivity contribution is 0.0797. The molecule has 102 valence electrons. The molecule has 0 unspecified atom stereocenters. The molecule has 5 heteroatoms. The van der Waals surface area contributed by atoms with Crippen LogP contribution in [0.15, 0.2) is 36.5 Å². The van der Waals surface area contributed by atoms with Crippen molar-refractivity contribution in [2.75, 3.05) is 13.6 Å². The fourth-order valence-corrected chi connectivity index (χ4v) is 1.97. The van der Waals surface area contributed by atoms with Crippen LogP contribution in [0.4, 0.5) is 0 Å². The third-order valence-electron chi connectivity index (χ3n) is 3.15. The van der Waals surface area contributed by atoms with Gasteiger partial charge in [-0.05, 0) is 19.1 Å². The first-order valence-corrected chi connectivity index (χ1v) is 6.37. The van der Waals surface area contributed by atoms with Crippen LogP contribution in [0.2, 0.25) is 0 Å². The Hall–Kier alpha value is -2.61. The summed E-state index contributed by atoms with van der Waals surface area (Å²) in [7, 11) is 1.69. The number of carbonyl (C=O) groups is 1. The molecule has 0 aliphatic heterocycles. The Morgan fingerprint density at radius 3 is 2.75 bits per heavy atom. The van der Waals surface area contributed by atoms with E-state index >= 15 is 0 Å². The molecule has 0 saturated carbocycles. The van der Waals surface area contributed by atoms with E-state index < -0.39 is 0 Å². The van der Waals surface area contributed by atoms with Crippen molar-refractivity contribution in [1.29, 1.82) is 5.26 Å². The molecule has 1 heterocycles. The zero-order valence-electron chi connectivity index (χ0n) is 11.6. The van der Waals surface area contributed by atoms with Crippen LogP contribution in [0.25, 0.3) is 5.69 Å². The number of aromatic nitrogens is 2. The second-order valence-corrected chi connectivity index (χ2v) is 4.53. The Morgan fingerprint density at radius 2 is 2.10 bits per heavy atom. The molecular weight excluding hydrogens is 252 g/mol. The summed E-state index contributed by atoms with van der Waals surface area (Å²) in [5.41, 5.74) is 2.28. The molecule has 5 nitrogen and oxygen atoms in total. The maximum absolute atomic E-state index is 12.3. The van der Waals surface area contributed by atoms with E-state index in [2.05, 4.69) is 5.10 Å². The predicted molar refractivity (Wildman–Crippen MR) is 75.5 cm³/mol. The van der Waals surface area contributed by atoms with Crippen molar-refractivity contribution in [1.82, 2.24) is 14.7 Å². The molecule has 0 atom stereocenters. The Morgan fingerprint density at radius 1 is 1.40 bits per heavy atom. The minimum atomic E-state index is -0.111. The van der Waals surface area contributed by atoms with Gasteiger partial charge in [0.1, 0.15) is 0 Å². The van der Waals surface area contributed by atoms with Crippen LogP contribution in [0.3, 0.4) is 0 Å². The highest BCUT2D eigenvalue weighted by Gasteiger charge is 2.18. The molecular formula is C15H16N4O. The Kier molecular flexibility index (Phi) is 4.16. The van der Waals surface area contributed by atoms with Crippen LogP contribution in [0.5, 0.6) is 0 Å². The molecule has 0 radical (unpaired) electrons. The normalized spacial score (nSPS) is 10.1. The van der Waals surface area contributed by atoms with Crippen molar-refractivity contribution in [3.63, 3.8) is 0 Å². The lowest BCUT2D eigenvalue weighted by atomic mass is 10.2. The number of nitrogens with zero attached hydrogens (tertiary/aromatic N) is 4. The van der Waals surface area contributed by atoms with E-state index in [1.807, 2.05) is 43.3 Å². The van der Waals surface area contributed by atoms with Crippen molar-refractivity contribution < 1.29 is 4.79 Å². The zero-order chi connectivity index (χ0) is 14.5. The molecule has 2 rings (SSSR count). The predicted octanol–water partition coefficient (Wildman–Crippen LogP) is 2.17. The van der Waals surface area contributed by atoms with Crippen LogP contribution in [0, 0.1) is 18.3 Å². The number of carbonyl (C=O) groups excluding carboxylic acids is 1. The molecule has 0 spiro atoms. The number of amides is 1. The van der Waals surface area contributed by atoms with Crippen LogP contribution < -0.4 is 0 Å². The topological polar surface area (TPSA) is 61.9 Å². The fourth-order valence-electron chi connectivity index (χ4n) is 1.97. The first-order valence-electron chi connectivity index (χ1n) is 6.37. The molecule has 1 amide bonds. The highest BCUT2D eigenvalue weighted by Crippen LogP contribution is 2.15. The number of para-hydroxylation sites is 1. The summed E-state index contributed by atoms with van der Waals surface area (Å²) >= 11 is 0. The van der Waals surface area contributed by atoms with Gasteiger partial charge in [-0.1, -0.05) is 18.2 Å². The molecule has 0 aliphatic rings. The van der Waals surface area contributed by atoms with Crippen LogP contribution in [-0.4, -0.2) is 34.2 Å². The first kappa shape index (κ1) is 13.8. The van der Waals surface area contributed by atoms with E-state index in [9.17, 15) is 4.79 Å². The van der Waals surface area contributed by atoms with Gasteiger partial charge in [0.15, 0.2) is 0 Å². The van der Waals surface area contributed by atoms with Gasteiger partial charge in [-0.25, -0.2) is 4.68 Å². The minimum Gasteiger partial charge on any atom is -0.341 e. The second-order valence-electron chi connectivity index (χ2n) is 4.53. The van der Waals surface area contributed by atoms with Gasteiger partial charge < -0.3 is 4.90 Å². The lowest BCUT2D eigenvalue weighted by Gasteiger charge is -2.15. The van der Waals surface area contributed by atoms with Crippen molar-refractivity contribution >= 4 is 5.91 Å². The molecule has 0 aliphatic carbocycles. The van der Waals surface area contributed by atoms with Crippen LogP contribution >= 0.6 is 0 Å². The molecule has 0 bridgehead atoms. The van der Waals surface area contributed by atoms with Gasteiger partial charge in [0.2, 0.25) is 0 Å². The van der Waals surface area contributed by atoms with Gasteiger partial charge in [-0.2, -0.15) is 10.4 Å². The summed E-state index contributed by atoms with van der Waals surface area (Å²) in [4.78, 5) is 13.8. The summed E-state index contributed by atoms with van der Waals surface area (Å²) in [5.74, 6) is -0.111. The van der Waals surface area contributed by atoms with Crippen molar-refractivity contribution in [2.45, 2.75) is 13.3 Å². The molecule has 0 fully saturated rings. The largest absolute Gasteiger partial charge is 0.341 e. The van der Waals surface area contributed by atoms with E-state index in [1.165, 1.54) is 0 Å². The molecule has 0 saturated heterocycles. The number of hydrogen-bond donors (Lipinski definition) is 0. The average Bonchev–Trinajstić information content (AvgIpc) is 2.86. The summed E-state index contributed by atoms with van der Waals surface area (Å²) in [6.45, 7) is 2.29. The Balaban J connectivity index is 2.26. The minimum absolute atomic E-state index is 0.111. The van der Waals surface area contributed by atoms with E-state index in [-0.39, 0.29) is 5.91 Å². The standard InChI is InChI=1S/C15H16N4O/c1-12-14(15(20)18(2)10-6-9-16)11-17-19(12)13-7-4-3-5-8-13/h3-5,7-8,11H,6,10H2,1-2H3. The van der Waals surface area contributed by atoms with Crippen molar-refractivity contribution in [3.8, 4) is 11.8 Å². The summed E-state index contributed by atoms with van der Waals surface area (Å²) in [6, 6.07) is 11.7. The molecule has 2 aromatic rings. The number of nitriles is 1. The molecule has 1 aromatic heterocycles.